The van der Waals surface area contributed by atoms with Gasteiger partial charge in [-0.1, -0.05) is 27.5 Å². The SMILES string of the molecule is CC1(C)CN(C(=O)c2ccc(Cl)c(Br)c2)CC(CBr)O1. The van der Waals surface area contributed by atoms with Crippen molar-refractivity contribution in [3.8, 4) is 0 Å². The fourth-order valence-corrected chi connectivity index (χ4v) is 3.18. The summed E-state index contributed by atoms with van der Waals surface area (Å²) in [6.45, 7) is 5.17. The number of carbonyl (C=O) groups excluding carboxylic acids is 1. The molecule has 0 N–H and O–H groups in total. The van der Waals surface area contributed by atoms with E-state index in [1.807, 2.05) is 18.7 Å². The third-order valence-electron chi connectivity index (χ3n) is 3.11. The maximum atomic E-state index is 12.6. The molecule has 1 aliphatic rings. The van der Waals surface area contributed by atoms with Crippen molar-refractivity contribution in [1.29, 1.82) is 0 Å². The number of amides is 1. The zero-order valence-corrected chi connectivity index (χ0v) is 15.3. The van der Waals surface area contributed by atoms with Crippen LogP contribution in [0.15, 0.2) is 22.7 Å². The van der Waals surface area contributed by atoms with Gasteiger partial charge in [-0.3, -0.25) is 4.79 Å². The third-order valence-corrected chi connectivity index (χ3v) is 5.04. The number of rotatable bonds is 2. The molecule has 0 aliphatic carbocycles. The highest BCUT2D eigenvalue weighted by molar-refractivity contribution is 9.10. The van der Waals surface area contributed by atoms with Crippen molar-refractivity contribution in [2.45, 2.75) is 25.6 Å². The van der Waals surface area contributed by atoms with E-state index >= 15 is 0 Å². The van der Waals surface area contributed by atoms with Gasteiger partial charge in [0.1, 0.15) is 0 Å². The van der Waals surface area contributed by atoms with Gasteiger partial charge in [0.25, 0.3) is 5.91 Å². The molecular formula is C14H16Br2ClNO2. The summed E-state index contributed by atoms with van der Waals surface area (Å²) < 4.78 is 6.64. The molecule has 3 nitrogen and oxygen atoms in total. The summed E-state index contributed by atoms with van der Waals surface area (Å²) in [5, 5.41) is 1.31. The van der Waals surface area contributed by atoms with Crippen LogP contribution in [0.4, 0.5) is 0 Å². The summed E-state index contributed by atoms with van der Waals surface area (Å²) in [4.78, 5) is 14.4. The van der Waals surface area contributed by atoms with Crippen LogP contribution >= 0.6 is 43.5 Å². The second kappa shape index (κ2) is 6.34. The van der Waals surface area contributed by atoms with E-state index in [0.29, 0.717) is 29.0 Å². The molecule has 0 aromatic heterocycles. The lowest BCUT2D eigenvalue weighted by Gasteiger charge is -2.42. The van der Waals surface area contributed by atoms with E-state index in [0.717, 1.165) is 4.47 Å². The Hall–Kier alpha value is -0.100. The average molecular weight is 426 g/mol. The van der Waals surface area contributed by atoms with Gasteiger partial charge in [-0.15, -0.1) is 0 Å². The molecule has 6 heteroatoms. The lowest BCUT2D eigenvalue weighted by molar-refractivity contribution is -0.116. The van der Waals surface area contributed by atoms with Crippen LogP contribution in [0.25, 0.3) is 0 Å². The van der Waals surface area contributed by atoms with Crippen LogP contribution in [-0.4, -0.2) is 40.9 Å². The lowest BCUT2D eigenvalue weighted by Crippen LogP contribution is -2.55. The maximum absolute atomic E-state index is 12.6. The minimum atomic E-state index is -0.337. The molecule has 1 amide bonds. The first kappa shape index (κ1) is 16.3. The molecule has 1 atom stereocenters. The predicted molar refractivity (Wildman–Crippen MR) is 87.8 cm³/mol. The topological polar surface area (TPSA) is 29.5 Å². The number of halogens is 3. The van der Waals surface area contributed by atoms with Gasteiger partial charge in [-0.2, -0.15) is 0 Å². The highest BCUT2D eigenvalue weighted by atomic mass is 79.9. The van der Waals surface area contributed by atoms with Crippen LogP contribution in [0, 0.1) is 0 Å². The van der Waals surface area contributed by atoms with Gasteiger partial charge in [0.2, 0.25) is 0 Å². The Balaban J connectivity index is 2.21. The second-order valence-corrected chi connectivity index (χ2v) is 7.38. The first-order valence-corrected chi connectivity index (χ1v) is 8.60. The van der Waals surface area contributed by atoms with Gasteiger partial charge < -0.3 is 9.64 Å². The summed E-state index contributed by atoms with van der Waals surface area (Å²) in [5.74, 6) is 0.00434. The van der Waals surface area contributed by atoms with Crippen molar-refractivity contribution in [1.82, 2.24) is 4.90 Å². The summed E-state index contributed by atoms with van der Waals surface area (Å²) in [7, 11) is 0. The summed E-state index contributed by atoms with van der Waals surface area (Å²) >= 11 is 12.7. The van der Waals surface area contributed by atoms with Gasteiger partial charge in [-0.25, -0.2) is 0 Å². The molecule has 0 radical (unpaired) electrons. The summed E-state index contributed by atoms with van der Waals surface area (Å²) in [6.07, 6.45) is 0.0124. The zero-order chi connectivity index (χ0) is 14.9. The van der Waals surface area contributed by atoms with Crippen LogP contribution < -0.4 is 0 Å². The molecule has 0 spiro atoms. The van der Waals surface area contributed by atoms with Crippen LogP contribution in [0.3, 0.4) is 0 Å². The monoisotopic (exact) mass is 423 g/mol. The van der Waals surface area contributed by atoms with Crippen LogP contribution in [-0.2, 0) is 4.74 Å². The van der Waals surface area contributed by atoms with Gasteiger partial charge in [0.05, 0.1) is 16.7 Å². The van der Waals surface area contributed by atoms with Crippen molar-refractivity contribution in [2.75, 3.05) is 18.4 Å². The predicted octanol–water partition coefficient (Wildman–Crippen LogP) is 4.12. The number of benzene rings is 1. The first-order valence-electron chi connectivity index (χ1n) is 6.30. The minimum absolute atomic E-state index is 0.00434. The Labute approximate surface area is 140 Å². The Morgan fingerprint density at radius 2 is 2.25 bits per heavy atom. The van der Waals surface area contributed by atoms with Gasteiger partial charge in [0.15, 0.2) is 0 Å². The normalized spacial score (nSPS) is 21.9. The van der Waals surface area contributed by atoms with Crippen LogP contribution in [0.5, 0.6) is 0 Å². The van der Waals surface area contributed by atoms with Crippen LogP contribution in [0.1, 0.15) is 24.2 Å². The average Bonchev–Trinajstić information content (AvgIpc) is 2.39. The molecule has 1 heterocycles. The quantitative estimate of drug-likeness (QED) is 0.668. The van der Waals surface area contributed by atoms with Crippen molar-refractivity contribution >= 4 is 49.4 Å². The van der Waals surface area contributed by atoms with E-state index < -0.39 is 0 Å². The third kappa shape index (κ3) is 3.75. The largest absolute Gasteiger partial charge is 0.368 e. The highest BCUT2D eigenvalue weighted by Gasteiger charge is 2.35. The van der Waals surface area contributed by atoms with E-state index in [9.17, 15) is 4.79 Å². The molecule has 1 fully saturated rings. The minimum Gasteiger partial charge on any atom is -0.368 e. The molecule has 2 rings (SSSR count). The van der Waals surface area contributed by atoms with E-state index in [-0.39, 0.29) is 17.6 Å². The molecule has 20 heavy (non-hydrogen) atoms. The highest BCUT2D eigenvalue weighted by Crippen LogP contribution is 2.26. The zero-order valence-electron chi connectivity index (χ0n) is 11.3. The first-order chi connectivity index (χ1) is 9.32. The van der Waals surface area contributed by atoms with Gasteiger partial charge >= 0.3 is 0 Å². The molecule has 1 aromatic rings. The number of nitrogens with zero attached hydrogens (tertiary/aromatic N) is 1. The smallest absolute Gasteiger partial charge is 0.254 e. The van der Waals surface area contributed by atoms with Gasteiger partial charge in [0, 0.05) is 28.5 Å². The van der Waals surface area contributed by atoms with Gasteiger partial charge in [-0.05, 0) is 48.0 Å². The lowest BCUT2D eigenvalue weighted by atomic mass is 10.0. The van der Waals surface area contributed by atoms with E-state index in [4.69, 9.17) is 16.3 Å². The second-order valence-electron chi connectivity index (χ2n) is 5.47. The Bertz CT molecular complexity index is 522. The van der Waals surface area contributed by atoms with Crippen molar-refractivity contribution in [2.24, 2.45) is 0 Å². The van der Waals surface area contributed by atoms with Crippen LogP contribution in [0.2, 0.25) is 5.02 Å². The number of ether oxygens (including phenoxy) is 1. The fraction of sp³-hybridized carbons (Fsp3) is 0.500. The van der Waals surface area contributed by atoms with Crippen molar-refractivity contribution in [3.63, 3.8) is 0 Å². The van der Waals surface area contributed by atoms with E-state index in [1.165, 1.54) is 0 Å². The molecule has 0 saturated carbocycles. The summed E-state index contributed by atoms with van der Waals surface area (Å²) in [6, 6.07) is 5.24. The Kier molecular flexibility index (Phi) is 5.16. The molecule has 110 valence electrons. The molecule has 1 saturated heterocycles. The van der Waals surface area contributed by atoms with Crippen molar-refractivity contribution < 1.29 is 9.53 Å². The van der Waals surface area contributed by atoms with E-state index in [2.05, 4.69) is 31.9 Å². The molecule has 1 aliphatic heterocycles. The summed E-state index contributed by atoms with van der Waals surface area (Å²) in [5.41, 5.74) is 0.294. The molecule has 1 aromatic carbocycles. The molecular weight excluding hydrogens is 409 g/mol. The number of hydrogen-bond donors (Lipinski definition) is 0. The Morgan fingerprint density at radius 3 is 2.85 bits per heavy atom. The number of morpholine rings is 1. The standard InChI is InChI=1S/C14H16Br2ClNO2/c1-14(2)8-18(7-10(6-15)20-14)13(19)9-3-4-12(17)11(16)5-9/h3-5,10H,6-8H2,1-2H3. The fourth-order valence-electron chi connectivity index (χ4n) is 2.34. The van der Waals surface area contributed by atoms with Crippen molar-refractivity contribution in [3.05, 3.63) is 33.3 Å². The number of alkyl halides is 1. The number of hydrogen-bond acceptors (Lipinski definition) is 2. The maximum Gasteiger partial charge on any atom is 0.254 e. The van der Waals surface area contributed by atoms with E-state index in [1.54, 1.807) is 18.2 Å². The molecule has 1 unspecified atom stereocenters. The molecule has 0 bridgehead atoms. The Morgan fingerprint density at radius 1 is 1.55 bits per heavy atom. The number of carbonyl (C=O) groups is 1.